The van der Waals surface area contributed by atoms with E-state index in [0.29, 0.717) is 12.0 Å². The molecule has 4 heteroatoms. The number of carbonyl (C=O) groups excluding carboxylic acids is 1. The molecule has 0 saturated heterocycles. The fourth-order valence-corrected chi connectivity index (χ4v) is 1.59. The number of anilines is 1. The van der Waals surface area contributed by atoms with Gasteiger partial charge in [0.05, 0.1) is 17.2 Å². The zero-order valence-electron chi connectivity index (χ0n) is 10.2. The van der Waals surface area contributed by atoms with Crippen LogP contribution in [0.4, 0.5) is 5.69 Å². The van der Waals surface area contributed by atoms with E-state index in [-0.39, 0.29) is 5.54 Å². The monoisotopic (exact) mass is 229 g/mol. The van der Waals surface area contributed by atoms with Crippen molar-refractivity contribution < 1.29 is 4.79 Å². The molecule has 0 aliphatic heterocycles. The van der Waals surface area contributed by atoms with Crippen LogP contribution in [0.2, 0.25) is 0 Å². The predicted octanol–water partition coefficient (Wildman–Crippen LogP) is 2.65. The SMILES string of the molecule is CC(C)(C)Nc1ccc2nc(C=O)cnc2c1. The second-order valence-electron chi connectivity index (χ2n) is 4.99. The summed E-state index contributed by atoms with van der Waals surface area (Å²) < 4.78 is 0. The van der Waals surface area contributed by atoms with Crippen LogP contribution < -0.4 is 5.32 Å². The van der Waals surface area contributed by atoms with Crippen molar-refractivity contribution in [3.63, 3.8) is 0 Å². The quantitative estimate of drug-likeness (QED) is 0.804. The molecular weight excluding hydrogens is 214 g/mol. The fourth-order valence-electron chi connectivity index (χ4n) is 1.59. The molecule has 2 rings (SSSR count). The Bertz CT molecular complexity index is 558. The van der Waals surface area contributed by atoms with Crippen molar-refractivity contribution in [3.05, 3.63) is 30.1 Å². The Kier molecular flexibility index (Phi) is 2.79. The summed E-state index contributed by atoms with van der Waals surface area (Å²) >= 11 is 0. The van der Waals surface area contributed by atoms with Crippen molar-refractivity contribution >= 4 is 23.0 Å². The van der Waals surface area contributed by atoms with Gasteiger partial charge in [-0.15, -0.1) is 0 Å². The zero-order valence-corrected chi connectivity index (χ0v) is 10.2. The lowest BCUT2D eigenvalue weighted by Gasteiger charge is -2.22. The lowest BCUT2D eigenvalue weighted by molar-refractivity contribution is 0.111. The second kappa shape index (κ2) is 4.13. The van der Waals surface area contributed by atoms with Gasteiger partial charge in [-0.1, -0.05) is 0 Å². The van der Waals surface area contributed by atoms with E-state index in [1.54, 1.807) is 0 Å². The zero-order chi connectivity index (χ0) is 12.5. The first-order valence-electron chi connectivity index (χ1n) is 5.48. The van der Waals surface area contributed by atoms with E-state index >= 15 is 0 Å². The molecule has 17 heavy (non-hydrogen) atoms. The third-order valence-electron chi connectivity index (χ3n) is 2.20. The Morgan fingerprint density at radius 3 is 2.65 bits per heavy atom. The molecule has 88 valence electrons. The minimum absolute atomic E-state index is 0.00381. The smallest absolute Gasteiger partial charge is 0.170 e. The van der Waals surface area contributed by atoms with Gasteiger partial charge in [-0.05, 0) is 39.0 Å². The number of rotatable bonds is 2. The van der Waals surface area contributed by atoms with E-state index in [1.165, 1.54) is 6.20 Å². The molecule has 0 fully saturated rings. The topological polar surface area (TPSA) is 54.9 Å². The first-order chi connectivity index (χ1) is 7.98. The molecule has 1 aromatic heterocycles. The number of aromatic nitrogens is 2. The third-order valence-corrected chi connectivity index (χ3v) is 2.20. The second-order valence-corrected chi connectivity index (χ2v) is 4.99. The number of aldehydes is 1. The lowest BCUT2D eigenvalue weighted by Crippen LogP contribution is -2.25. The lowest BCUT2D eigenvalue weighted by atomic mass is 10.1. The average molecular weight is 229 g/mol. The first kappa shape index (κ1) is 11.5. The van der Waals surface area contributed by atoms with E-state index in [1.807, 2.05) is 18.2 Å². The van der Waals surface area contributed by atoms with Gasteiger partial charge >= 0.3 is 0 Å². The number of benzene rings is 1. The van der Waals surface area contributed by atoms with Crippen molar-refractivity contribution in [2.45, 2.75) is 26.3 Å². The van der Waals surface area contributed by atoms with Gasteiger partial charge < -0.3 is 5.32 Å². The summed E-state index contributed by atoms with van der Waals surface area (Å²) in [6.45, 7) is 6.29. The Labute approximate surface area is 100 Å². The molecule has 1 aromatic carbocycles. The summed E-state index contributed by atoms with van der Waals surface area (Å²) in [7, 11) is 0. The normalized spacial score (nSPS) is 11.5. The minimum atomic E-state index is 0.00381. The van der Waals surface area contributed by atoms with Crippen LogP contribution in [0.15, 0.2) is 24.4 Å². The number of nitrogens with zero attached hydrogens (tertiary/aromatic N) is 2. The Balaban J connectivity index is 2.41. The highest BCUT2D eigenvalue weighted by molar-refractivity contribution is 5.82. The van der Waals surface area contributed by atoms with E-state index in [4.69, 9.17) is 0 Å². The highest BCUT2D eigenvalue weighted by Gasteiger charge is 2.09. The summed E-state index contributed by atoms with van der Waals surface area (Å²) in [5.74, 6) is 0. The summed E-state index contributed by atoms with van der Waals surface area (Å²) in [6.07, 6.45) is 2.18. The van der Waals surface area contributed by atoms with Crippen LogP contribution in [0.5, 0.6) is 0 Å². The van der Waals surface area contributed by atoms with Gasteiger partial charge in [0.25, 0.3) is 0 Å². The Morgan fingerprint density at radius 1 is 1.24 bits per heavy atom. The van der Waals surface area contributed by atoms with Crippen LogP contribution in [-0.4, -0.2) is 21.8 Å². The van der Waals surface area contributed by atoms with Crippen molar-refractivity contribution in [2.75, 3.05) is 5.32 Å². The largest absolute Gasteiger partial charge is 0.380 e. The van der Waals surface area contributed by atoms with Crippen LogP contribution >= 0.6 is 0 Å². The molecule has 0 aliphatic carbocycles. The van der Waals surface area contributed by atoms with Crippen LogP contribution in [0.1, 0.15) is 31.3 Å². The highest BCUT2D eigenvalue weighted by Crippen LogP contribution is 2.19. The predicted molar refractivity (Wildman–Crippen MR) is 68.3 cm³/mol. The summed E-state index contributed by atoms with van der Waals surface area (Å²) in [5.41, 5.74) is 2.87. The highest BCUT2D eigenvalue weighted by atomic mass is 16.1. The molecule has 0 bridgehead atoms. The van der Waals surface area contributed by atoms with Gasteiger partial charge in [0, 0.05) is 11.2 Å². The maximum Gasteiger partial charge on any atom is 0.170 e. The standard InChI is InChI=1S/C13H15N3O/c1-13(2,3)16-9-4-5-11-12(6-9)14-7-10(8-17)15-11/h4-8,16H,1-3H3. The van der Waals surface area contributed by atoms with Gasteiger partial charge in [0.15, 0.2) is 6.29 Å². The van der Waals surface area contributed by atoms with E-state index in [9.17, 15) is 4.79 Å². The molecular formula is C13H15N3O. The van der Waals surface area contributed by atoms with Gasteiger partial charge in [0.2, 0.25) is 0 Å². The average Bonchev–Trinajstić information content (AvgIpc) is 2.26. The number of nitrogens with one attached hydrogen (secondary N) is 1. The van der Waals surface area contributed by atoms with Crippen LogP contribution in [0, 0.1) is 0 Å². The maximum absolute atomic E-state index is 10.6. The molecule has 2 aromatic rings. The van der Waals surface area contributed by atoms with Gasteiger partial charge in [0.1, 0.15) is 5.69 Å². The molecule has 4 nitrogen and oxygen atoms in total. The number of fused-ring (bicyclic) bond motifs is 1. The molecule has 1 heterocycles. The Hall–Kier alpha value is -1.97. The Morgan fingerprint density at radius 2 is 2.00 bits per heavy atom. The van der Waals surface area contributed by atoms with E-state index in [0.717, 1.165) is 16.7 Å². The number of hydrogen-bond acceptors (Lipinski definition) is 4. The molecule has 1 N–H and O–H groups in total. The van der Waals surface area contributed by atoms with E-state index < -0.39 is 0 Å². The van der Waals surface area contributed by atoms with Crippen LogP contribution in [-0.2, 0) is 0 Å². The number of hydrogen-bond donors (Lipinski definition) is 1. The fraction of sp³-hybridized carbons (Fsp3) is 0.308. The summed E-state index contributed by atoms with van der Waals surface area (Å²) in [6, 6.07) is 5.74. The summed E-state index contributed by atoms with van der Waals surface area (Å²) in [4.78, 5) is 19.0. The molecule has 0 unspecified atom stereocenters. The molecule has 0 amide bonds. The summed E-state index contributed by atoms with van der Waals surface area (Å²) in [5, 5.41) is 3.36. The van der Waals surface area contributed by atoms with Crippen molar-refractivity contribution in [2.24, 2.45) is 0 Å². The molecule has 0 atom stereocenters. The van der Waals surface area contributed by atoms with Crippen LogP contribution in [0.3, 0.4) is 0 Å². The number of carbonyl (C=O) groups is 1. The van der Waals surface area contributed by atoms with Gasteiger partial charge in [-0.3, -0.25) is 9.78 Å². The van der Waals surface area contributed by atoms with Gasteiger partial charge in [-0.2, -0.15) is 0 Å². The van der Waals surface area contributed by atoms with Crippen molar-refractivity contribution in [1.82, 2.24) is 9.97 Å². The molecule has 0 radical (unpaired) electrons. The molecule has 0 aliphatic rings. The molecule has 0 saturated carbocycles. The van der Waals surface area contributed by atoms with Crippen molar-refractivity contribution in [1.29, 1.82) is 0 Å². The van der Waals surface area contributed by atoms with E-state index in [2.05, 4.69) is 36.1 Å². The van der Waals surface area contributed by atoms with Crippen molar-refractivity contribution in [3.8, 4) is 0 Å². The first-order valence-corrected chi connectivity index (χ1v) is 5.48. The molecule has 0 spiro atoms. The maximum atomic E-state index is 10.6. The minimum Gasteiger partial charge on any atom is -0.380 e. The third kappa shape index (κ3) is 2.78. The van der Waals surface area contributed by atoms with Gasteiger partial charge in [-0.25, -0.2) is 4.98 Å². The van der Waals surface area contributed by atoms with Crippen LogP contribution in [0.25, 0.3) is 11.0 Å².